The average Bonchev–Trinajstić information content (AvgIpc) is 2.32. The van der Waals surface area contributed by atoms with Crippen LogP contribution in [0.3, 0.4) is 0 Å². The van der Waals surface area contributed by atoms with Gasteiger partial charge < -0.3 is 16.0 Å². The lowest BCUT2D eigenvalue weighted by Gasteiger charge is -2.30. The zero-order valence-corrected chi connectivity index (χ0v) is 10.9. The summed E-state index contributed by atoms with van der Waals surface area (Å²) >= 11 is 0. The van der Waals surface area contributed by atoms with E-state index < -0.39 is 0 Å². The Balaban J connectivity index is 1.83. The summed E-state index contributed by atoms with van der Waals surface area (Å²) in [5.41, 5.74) is 7.35. The van der Waals surface area contributed by atoms with E-state index in [9.17, 15) is 4.79 Å². The number of nitrogens with one attached hydrogen (secondary N) is 1. The summed E-state index contributed by atoms with van der Waals surface area (Å²) in [6, 6.07) is 7.77. The maximum absolute atomic E-state index is 11.9. The highest BCUT2D eigenvalue weighted by atomic mass is 16.1. The van der Waals surface area contributed by atoms with Crippen molar-refractivity contribution in [3.8, 4) is 0 Å². The van der Waals surface area contributed by atoms with Crippen LogP contribution in [0.25, 0.3) is 0 Å². The summed E-state index contributed by atoms with van der Waals surface area (Å²) < 4.78 is 0. The van der Waals surface area contributed by atoms with E-state index in [1.54, 1.807) is 0 Å². The van der Waals surface area contributed by atoms with Crippen molar-refractivity contribution in [2.45, 2.75) is 25.3 Å². The van der Waals surface area contributed by atoms with Crippen molar-refractivity contribution in [1.82, 2.24) is 10.2 Å². The van der Waals surface area contributed by atoms with Gasteiger partial charge in [-0.15, -0.1) is 0 Å². The van der Waals surface area contributed by atoms with Gasteiger partial charge in [0.05, 0.1) is 6.42 Å². The van der Waals surface area contributed by atoms with E-state index >= 15 is 0 Å². The van der Waals surface area contributed by atoms with Gasteiger partial charge in [-0.1, -0.05) is 12.1 Å². The minimum atomic E-state index is 0.0973. The van der Waals surface area contributed by atoms with Crippen LogP contribution < -0.4 is 11.1 Å². The Hall–Kier alpha value is -1.55. The second-order valence-corrected chi connectivity index (χ2v) is 5.09. The minimum absolute atomic E-state index is 0.0973. The summed E-state index contributed by atoms with van der Waals surface area (Å²) in [6.07, 6.45) is 2.67. The van der Waals surface area contributed by atoms with Crippen LogP contribution in [0.4, 0.5) is 5.69 Å². The first-order valence-corrected chi connectivity index (χ1v) is 6.46. The Labute approximate surface area is 108 Å². The zero-order chi connectivity index (χ0) is 13.0. The second-order valence-electron chi connectivity index (χ2n) is 5.09. The lowest BCUT2D eigenvalue weighted by molar-refractivity contribution is -0.121. The molecule has 1 unspecified atom stereocenters. The predicted molar refractivity (Wildman–Crippen MR) is 73.2 cm³/mol. The highest BCUT2D eigenvalue weighted by Gasteiger charge is 2.18. The molecule has 98 valence electrons. The number of amides is 1. The van der Waals surface area contributed by atoms with Crippen LogP contribution in [0.1, 0.15) is 18.4 Å². The van der Waals surface area contributed by atoms with Crippen molar-refractivity contribution in [2.75, 3.05) is 25.9 Å². The predicted octanol–water partition coefficient (Wildman–Crippen LogP) is 1.02. The van der Waals surface area contributed by atoms with E-state index in [2.05, 4.69) is 17.3 Å². The van der Waals surface area contributed by atoms with Crippen molar-refractivity contribution < 1.29 is 4.79 Å². The Morgan fingerprint density at radius 3 is 2.83 bits per heavy atom. The minimum Gasteiger partial charge on any atom is -0.399 e. The van der Waals surface area contributed by atoms with Gasteiger partial charge in [-0.05, 0) is 44.1 Å². The largest absolute Gasteiger partial charge is 0.399 e. The number of nitrogens with zero attached hydrogens (tertiary/aromatic N) is 1. The third kappa shape index (κ3) is 3.74. The molecule has 1 aliphatic heterocycles. The van der Waals surface area contributed by atoms with Gasteiger partial charge >= 0.3 is 0 Å². The summed E-state index contributed by atoms with van der Waals surface area (Å²) in [7, 11) is 2.10. The summed E-state index contributed by atoms with van der Waals surface area (Å²) in [5, 5.41) is 3.10. The molecule has 3 N–H and O–H groups in total. The zero-order valence-electron chi connectivity index (χ0n) is 10.9. The van der Waals surface area contributed by atoms with E-state index in [-0.39, 0.29) is 5.91 Å². The summed E-state index contributed by atoms with van der Waals surface area (Å²) in [4.78, 5) is 14.2. The maximum atomic E-state index is 11.9. The van der Waals surface area contributed by atoms with E-state index in [4.69, 9.17) is 5.73 Å². The molecule has 1 atom stereocenters. The maximum Gasteiger partial charge on any atom is 0.224 e. The van der Waals surface area contributed by atoms with Crippen molar-refractivity contribution in [3.05, 3.63) is 29.8 Å². The highest BCUT2D eigenvalue weighted by molar-refractivity contribution is 5.79. The molecule has 0 aromatic heterocycles. The fraction of sp³-hybridized carbons (Fsp3) is 0.500. The van der Waals surface area contributed by atoms with Crippen LogP contribution in [0.15, 0.2) is 24.3 Å². The molecule has 2 rings (SSSR count). The molecule has 0 radical (unpaired) electrons. The van der Waals surface area contributed by atoms with Crippen LogP contribution in [0.5, 0.6) is 0 Å². The number of likely N-dealkylation sites (tertiary alicyclic amines) is 1. The standard InChI is InChI=1S/C14H21N3O/c1-17-8-2-3-13(10-17)16-14(18)9-11-4-6-12(15)7-5-11/h4-7,13H,2-3,8-10,15H2,1H3,(H,16,18). The SMILES string of the molecule is CN1CCCC(NC(=O)Cc2ccc(N)cc2)C1. The van der Waals surface area contributed by atoms with Crippen LogP contribution in [0.2, 0.25) is 0 Å². The van der Waals surface area contributed by atoms with Gasteiger partial charge in [0.1, 0.15) is 0 Å². The molecule has 0 spiro atoms. The lowest BCUT2D eigenvalue weighted by atomic mass is 10.1. The Bertz CT molecular complexity index is 402. The first kappa shape index (κ1) is 12.9. The van der Waals surface area contributed by atoms with Crippen LogP contribution in [-0.4, -0.2) is 37.0 Å². The normalized spacial score (nSPS) is 20.6. The quantitative estimate of drug-likeness (QED) is 0.784. The summed E-state index contributed by atoms with van der Waals surface area (Å²) in [6.45, 7) is 2.08. The van der Waals surface area contributed by atoms with Gasteiger partial charge in [0, 0.05) is 18.3 Å². The molecule has 18 heavy (non-hydrogen) atoms. The number of carbonyl (C=O) groups is 1. The monoisotopic (exact) mass is 247 g/mol. The molecule has 1 saturated heterocycles. The van der Waals surface area contributed by atoms with E-state index in [0.29, 0.717) is 12.5 Å². The molecular weight excluding hydrogens is 226 g/mol. The third-order valence-corrected chi connectivity index (χ3v) is 3.33. The lowest BCUT2D eigenvalue weighted by Crippen LogP contribution is -2.46. The number of piperidine rings is 1. The fourth-order valence-electron chi connectivity index (χ4n) is 2.38. The number of rotatable bonds is 3. The first-order chi connectivity index (χ1) is 8.63. The smallest absolute Gasteiger partial charge is 0.224 e. The van der Waals surface area contributed by atoms with Gasteiger partial charge in [-0.25, -0.2) is 0 Å². The molecule has 1 heterocycles. The van der Waals surface area contributed by atoms with Crippen molar-refractivity contribution >= 4 is 11.6 Å². The second kappa shape index (κ2) is 5.87. The van der Waals surface area contributed by atoms with E-state index in [1.165, 1.54) is 0 Å². The highest BCUT2D eigenvalue weighted by Crippen LogP contribution is 2.09. The Morgan fingerprint density at radius 2 is 2.17 bits per heavy atom. The molecule has 0 aliphatic carbocycles. The van der Waals surface area contributed by atoms with Gasteiger partial charge in [0.2, 0.25) is 5.91 Å². The molecule has 4 heteroatoms. The van der Waals surface area contributed by atoms with Crippen molar-refractivity contribution in [3.63, 3.8) is 0 Å². The average molecular weight is 247 g/mol. The third-order valence-electron chi connectivity index (χ3n) is 3.33. The van der Waals surface area contributed by atoms with Crippen LogP contribution >= 0.6 is 0 Å². The fourth-order valence-corrected chi connectivity index (χ4v) is 2.38. The molecule has 0 saturated carbocycles. The topological polar surface area (TPSA) is 58.4 Å². The number of nitrogen functional groups attached to an aromatic ring is 1. The number of likely N-dealkylation sites (N-methyl/N-ethyl adjacent to an activating group) is 1. The number of nitrogens with two attached hydrogens (primary N) is 1. The molecular formula is C14H21N3O. The van der Waals surface area contributed by atoms with Gasteiger partial charge in [-0.2, -0.15) is 0 Å². The number of benzene rings is 1. The molecule has 1 aromatic carbocycles. The number of hydrogen-bond donors (Lipinski definition) is 2. The molecule has 1 aliphatic rings. The van der Waals surface area contributed by atoms with Crippen LogP contribution in [-0.2, 0) is 11.2 Å². The Morgan fingerprint density at radius 1 is 1.44 bits per heavy atom. The van der Waals surface area contributed by atoms with Gasteiger partial charge in [-0.3, -0.25) is 4.79 Å². The molecule has 1 aromatic rings. The van der Waals surface area contributed by atoms with Gasteiger partial charge in [0.25, 0.3) is 0 Å². The number of anilines is 1. The first-order valence-electron chi connectivity index (χ1n) is 6.46. The van der Waals surface area contributed by atoms with E-state index in [0.717, 1.165) is 37.2 Å². The van der Waals surface area contributed by atoms with Crippen LogP contribution in [0, 0.1) is 0 Å². The van der Waals surface area contributed by atoms with Crippen molar-refractivity contribution in [2.24, 2.45) is 0 Å². The van der Waals surface area contributed by atoms with Crippen molar-refractivity contribution in [1.29, 1.82) is 0 Å². The van der Waals surface area contributed by atoms with E-state index in [1.807, 2.05) is 24.3 Å². The van der Waals surface area contributed by atoms with Gasteiger partial charge in [0.15, 0.2) is 0 Å². The molecule has 4 nitrogen and oxygen atoms in total. The molecule has 0 bridgehead atoms. The number of hydrogen-bond acceptors (Lipinski definition) is 3. The number of carbonyl (C=O) groups excluding carboxylic acids is 1. The Kier molecular flexibility index (Phi) is 4.20. The molecule has 1 amide bonds. The summed E-state index contributed by atoms with van der Waals surface area (Å²) in [5.74, 6) is 0.0973. The molecule has 1 fully saturated rings.